The lowest BCUT2D eigenvalue weighted by Gasteiger charge is -2.21. The molecular weight excluding hydrogens is 379 g/mol. The molecule has 0 spiro atoms. The summed E-state index contributed by atoms with van der Waals surface area (Å²) in [5, 5.41) is 9.21. The van der Waals surface area contributed by atoms with E-state index in [1.54, 1.807) is 19.0 Å². The largest absolute Gasteiger partial charge is 0.468 e. The normalized spacial score (nSPS) is 11.2. The molecule has 0 aliphatic carbocycles. The van der Waals surface area contributed by atoms with Crippen molar-refractivity contribution in [3.8, 4) is 6.07 Å². The van der Waals surface area contributed by atoms with Crippen LogP contribution in [0.25, 0.3) is 4.85 Å². The number of methoxy groups -OCH3 is 1. The minimum absolute atomic E-state index is 0.264. The number of carbonyl (C=O) groups excluding carboxylic acids is 1. The average molecular weight is 398 g/mol. The van der Waals surface area contributed by atoms with Crippen molar-refractivity contribution in [3.05, 3.63) is 58.2 Å². The summed E-state index contributed by atoms with van der Waals surface area (Å²) < 4.78 is 18.2. The zero-order valence-corrected chi connectivity index (χ0v) is 16.8. The maximum absolute atomic E-state index is 13.3. The summed E-state index contributed by atoms with van der Waals surface area (Å²) in [4.78, 5) is 22.1. The van der Waals surface area contributed by atoms with Crippen LogP contribution in [0.5, 0.6) is 0 Å². The molecule has 0 saturated heterocycles. The van der Waals surface area contributed by atoms with Crippen molar-refractivity contribution < 1.29 is 13.9 Å². The van der Waals surface area contributed by atoms with Gasteiger partial charge >= 0.3 is 5.97 Å². The Morgan fingerprint density at radius 1 is 1.43 bits per heavy atom. The van der Waals surface area contributed by atoms with E-state index >= 15 is 0 Å². The lowest BCUT2D eigenvalue weighted by Crippen LogP contribution is -2.15. The molecule has 8 heteroatoms. The first-order chi connectivity index (χ1) is 13.4. The first-order valence-electron chi connectivity index (χ1n) is 8.39. The van der Waals surface area contributed by atoms with Gasteiger partial charge in [-0.3, -0.25) is 4.79 Å². The van der Waals surface area contributed by atoms with Crippen LogP contribution < -0.4 is 4.90 Å². The van der Waals surface area contributed by atoms with Gasteiger partial charge in [0, 0.05) is 14.1 Å². The van der Waals surface area contributed by atoms with Crippen LogP contribution in [0, 0.1) is 23.7 Å². The third-order valence-electron chi connectivity index (χ3n) is 4.04. The number of pyridine rings is 1. The number of nitrogens with zero attached hydrogens (tertiary/aromatic N) is 4. The minimum Gasteiger partial charge on any atom is -0.468 e. The monoisotopic (exact) mass is 398 g/mol. The summed E-state index contributed by atoms with van der Waals surface area (Å²) in [5.74, 6) is -0.533. The smallest absolute Gasteiger partial charge is 0.323 e. The van der Waals surface area contributed by atoms with Gasteiger partial charge in [-0.2, -0.15) is 5.26 Å². The van der Waals surface area contributed by atoms with Crippen LogP contribution in [0.15, 0.2) is 29.3 Å². The number of rotatable bonds is 6. The Labute approximate surface area is 167 Å². The van der Waals surface area contributed by atoms with Gasteiger partial charge in [0.15, 0.2) is 0 Å². The summed E-state index contributed by atoms with van der Waals surface area (Å²) in [6.07, 6.45) is 0.469. The number of carbonyl (C=O) groups is 1. The van der Waals surface area contributed by atoms with Crippen LogP contribution in [0.4, 0.5) is 15.9 Å². The number of anilines is 1. The van der Waals surface area contributed by atoms with E-state index in [9.17, 15) is 14.4 Å². The van der Waals surface area contributed by atoms with Gasteiger partial charge in [0.2, 0.25) is 5.69 Å². The van der Waals surface area contributed by atoms with E-state index in [0.717, 1.165) is 11.8 Å². The molecule has 0 aliphatic rings. The van der Waals surface area contributed by atoms with E-state index in [1.165, 1.54) is 31.4 Å². The SMILES string of the molecule is [C-]#[N+]c1c(N(C)C)nc(SC(C(=O)OC)c2ccc(F)cc2)c(C#N)c1CC. The Hall–Kier alpha value is -3.10. The van der Waals surface area contributed by atoms with Gasteiger partial charge in [-0.25, -0.2) is 14.2 Å². The van der Waals surface area contributed by atoms with E-state index in [1.807, 2.05) is 6.92 Å². The van der Waals surface area contributed by atoms with Crippen LogP contribution in [-0.2, 0) is 16.0 Å². The van der Waals surface area contributed by atoms with Crippen molar-refractivity contribution in [2.45, 2.75) is 23.6 Å². The second-order valence-electron chi connectivity index (χ2n) is 5.99. The van der Waals surface area contributed by atoms with Gasteiger partial charge in [0.05, 0.1) is 19.2 Å². The third-order valence-corrected chi connectivity index (χ3v) is 5.26. The molecule has 1 unspecified atom stereocenters. The van der Waals surface area contributed by atoms with E-state index in [4.69, 9.17) is 11.3 Å². The van der Waals surface area contributed by atoms with Crippen molar-refractivity contribution in [1.29, 1.82) is 5.26 Å². The number of hydrogen-bond donors (Lipinski definition) is 0. The van der Waals surface area contributed by atoms with Crippen LogP contribution in [-0.4, -0.2) is 32.2 Å². The van der Waals surface area contributed by atoms with Gasteiger partial charge in [0.1, 0.15) is 28.0 Å². The van der Waals surface area contributed by atoms with E-state index in [0.29, 0.717) is 34.1 Å². The second-order valence-corrected chi connectivity index (χ2v) is 7.08. The summed E-state index contributed by atoms with van der Waals surface area (Å²) in [6, 6.07) is 7.63. The number of ether oxygens (including phenoxy) is 1. The van der Waals surface area contributed by atoms with Crippen LogP contribution in [0.3, 0.4) is 0 Å². The Balaban J connectivity index is 2.65. The maximum atomic E-state index is 13.3. The third kappa shape index (κ3) is 4.24. The Kier molecular flexibility index (Phi) is 6.97. The molecule has 144 valence electrons. The number of benzene rings is 1. The van der Waals surface area contributed by atoms with Crippen molar-refractivity contribution in [3.63, 3.8) is 0 Å². The van der Waals surface area contributed by atoms with Gasteiger partial charge < -0.3 is 9.64 Å². The van der Waals surface area contributed by atoms with E-state index in [-0.39, 0.29) is 5.56 Å². The molecule has 6 nitrogen and oxygen atoms in total. The Morgan fingerprint density at radius 2 is 2.07 bits per heavy atom. The summed E-state index contributed by atoms with van der Waals surface area (Å²) in [6.45, 7) is 9.35. The predicted molar refractivity (Wildman–Crippen MR) is 106 cm³/mol. The molecule has 1 aromatic heterocycles. The highest BCUT2D eigenvalue weighted by Gasteiger charge is 2.28. The van der Waals surface area contributed by atoms with Gasteiger partial charge in [-0.15, -0.1) is 0 Å². The van der Waals surface area contributed by atoms with Crippen molar-refractivity contribution in [2.24, 2.45) is 0 Å². The number of aromatic nitrogens is 1. The van der Waals surface area contributed by atoms with Crippen molar-refractivity contribution >= 4 is 29.2 Å². The van der Waals surface area contributed by atoms with Crippen molar-refractivity contribution in [2.75, 3.05) is 26.1 Å². The van der Waals surface area contributed by atoms with Crippen LogP contribution in [0.1, 0.15) is 28.9 Å². The molecule has 0 N–H and O–H groups in total. The average Bonchev–Trinajstić information content (AvgIpc) is 2.70. The highest BCUT2D eigenvalue weighted by Crippen LogP contribution is 2.42. The van der Waals surface area contributed by atoms with Crippen molar-refractivity contribution in [1.82, 2.24) is 4.98 Å². The predicted octanol–water partition coefficient (Wildman–Crippen LogP) is 4.28. The first-order valence-corrected chi connectivity index (χ1v) is 9.27. The standard InChI is InChI=1S/C20H19FN4O2S/c1-6-14-15(11-22)19(24-18(25(3)4)16(14)23-2)28-17(20(26)27-5)12-7-9-13(21)10-8-12/h7-10,17H,6H2,1,3-5H3. The topological polar surface area (TPSA) is 70.6 Å². The molecule has 0 bridgehead atoms. The molecule has 0 aliphatic heterocycles. The fraction of sp³-hybridized carbons (Fsp3) is 0.300. The lowest BCUT2D eigenvalue weighted by atomic mass is 10.1. The lowest BCUT2D eigenvalue weighted by molar-refractivity contribution is -0.140. The fourth-order valence-electron chi connectivity index (χ4n) is 2.67. The van der Waals surface area contributed by atoms with Crippen LogP contribution in [0.2, 0.25) is 0 Å². The number of nitriles is 1. The number of hydrogen-bond acceptors (Lipinski definition) is 6. The molecule has 0 saturated carbocycles. The zero-order chi connectivity index (χ0) is 20.8. The Bertz CT molecular complexity index is 962. The van der Waals surface area contributed by atoms with E-state index < -0.39 is 17.0 Å². The summed E-state index contributed by atoms with van der Waals surface area (Å²) >= 11 is 1.05. The molecule has 0 fully saturated rings. The first kappa shape index (κ1) is 21.2. The van der Waals surface area contributed by atoms with E-state index in [2.05, 4.69) is 15.9 Å². The molecular formula is C20H19FN4O2S. The maximum Gasteiger partial charge on any atom is 0.323 e. The van der Waals surface area contributed by atoms with Gasteiger partial charge in [-0.05, 0) is 29.7 Å². The summed E-state index contributed by atoms with van der Waals surface area (Å²) in [7, 11) is 4.78. The number of thioether (sulfide) groups is 1. The zero-order valence-electron chi connectivity index (χ0n) is 16.0. The molecule has 0 radical (unpaired) electrons. The highest BCUT2D eigenvalue weighted by molar-refractivity contribution is 8.00. The number of halogens is 1. The Morgan fingerprint density at radius 3 is 2.54 bits per heavy atom. The van der Waals surface area contributed by atoms with Crippen LogP contribution >= 0.6 is 11.8 Å². The van der Waals surface area contributed by atoms with Gasteiger partial charge in [0.25, 0.3) is 0 Å². The highest BCUT2D eigenvalue weighted by atomic mass is 32.2. The quantitative estimate of drug-likeness (QED) is 0.411. The molecule has 0 amide bonds. The minimum atomic E-state index is -0.830. The fourth-order valence-corrected chi connectivity index (χ4v) is 3.80. The number of esters is 1. The molecule has 1 atom stereocenters. The second kappa shape index (κ2) is 9.20. The molecule has 1 aromatic carbocycles. The van der Waals surface area contributed by atoms with Gasteiger partial charge in [-0.1, -0.05) is 30.8 Å². The molecule has 28 heavy (non-hydrogen) atoms. The molecule has 2 aromatic rings. The molecule has 2 rings (SSSR count). The molecule has 1 heterocycles. The summed E-state index contributed by atoms with van der Waals surface area (Å²) in [5.41, 5.74) is 1.70.